The fraction of sp³-hybridized carbons (Fsp3) is 0.211. The molecule has 0 amide bonds. The Hall–Kier alpha value is -2.75. The Labute approximate surface area is 136 Å². The number of hydrogen-bond donors (Lipinski definition) is 1. The normalized spacial score (nSPS) is 11.2. The molecule has 0 aliphatic rings. The van der Waals surface area contributed by atoms with Crippen LogP contribution in [0.15, 0.2) is 42.5 Å². The number of aryl methyl sites for hydroxylation is 1. The van der Waals surface area contributed by atoms with Crippen molar-refractivity contribution in [1.29, 1.82) is 0 Å². The Bertz CT molecular complexity index is 743. The Morgan fingerprint density at radius 2 is 1.74 bits per heavy atom. The zero-order valence-corrected chi connectivity index (χ0v) is 13.7. The van der Waals surface area contributed by atoms with Crippen LogP contribution in [0.2, 0.25) is 0 Å². The molecule has 23 heavy (non-hydrogen) atoms. The fourth-order valence-corrected chi connectivity index (χ4v) is 2.41. The molecule has 0 aliphatic carbocycles. The highest BCUT2D eigenvalue weighted by Gasteiger charge is 2.15. The second-order valence-electron chi connectivity index (χ2n) is 5.29. The zero-order valence-electron chi connectivity index (χ0n) is 13.7. The number of benzene rings is 2. The molecular formula is C19H20O4. The van der Waals surface area contributed by atoms with Gasteiger partial charge in [0.25, 0.3) is 0 Å². The van der Waals surface area contributed by atoms with E-state index in [-0.39, 0.29) is 0 Å². The first-order chi connectivity index (χ1) is 11.0. The van der Waals surface area contributed by atoms with Crippen molar-refractivity contribution in [2.75, 3.05) is 14.2 Å². The molecule has 0 atom stereocenters. The van der Waals surface area contributed by atoms with Crippen molar-refractivity contribution in [3.63, 3.8) is 0 Å². The third kappa shape index (κ3) is 3.72. The van der Waals surface area contributed by atoms with Gasteiger partial charge in [0.05, 0.1) is 14.2 Å². The number of aliphatic carboxylic acids is 1. The van der Waals surface area contributed by atoms with Crippen molar-refractivity contribution in [2.45, 2.75) is 13.8 Å². The summed E-state index contributed by atoms with van der Waals surface area (Å²) in [6.45, 7) is 3.78. The molecule has 0 heterocycles. The summed E-state index contributed by atoms with van der Waals surface area (Å²) in [6.07, 6.45) is 1.18. The predicted octanol–water partition coefficient (Wildman–Crippen LogP) is 4.17. The van der Waals surface area contributed by atoms with E-state index in [9.17, 15) is 4.79 Å². The molecule has 0 bridgehead atoms. The van der Waals surface area contributed by atoms with E-state index in [1.807, 2.05) is 37.3 Å². The summed E-state index contributed by atoms with van der Waals surface area (Å²) in [5.74, 6) is 0.219. The Kier molecular flexibility index (Phi) is 5.06. The summed E-state index contributed by atoms with van der Waals surface area (Å²) in [5.41, 5.74) is 4.43. The molecule has 4 heteroatoms. The van der Waals surface area contributed by atoms with Crippen molar-refractivity contribution in [3.05, 3.63) is 53.6 Å². The van der Waals surface area contributed by atoms with Gasteiger partial charge in [0.2, 0.25) is 0 Å². The number of ether oxygens (including phenoxy) is 2. The van der Waals surface area contributed by atoms with Gasteiger partial charge in [-0.2, -0.15) is 0 Å². The first-order valence-electron chi connectivity index (χ1n) is 7.21. The quantitative estimate of drug-likeness (QED) is 0.842. The van der Waals surface area contributed by atoms with Gasteiger partial charge in [0.1, 0.15) is 0 Å². The smallest absolute Gasteiger partial charge is 0.328 e. The molecule has 2 aromatic carbocycles. The molecule has 0 saturated heterocycles. The van der Waals surface area contributed by atoms with Crippen LogP contribution in [0.5, 0.6) is 11.5 Å². The van der Waals surface area contributed by atoms with Gasteiger partial charge in [-0.05, 0) is 42.7 Å². The fourth-order valence-electron chi connectivity index (χ4n) is 2.41. The van der Waals surface area contributed by atoms with Crippen LogP contribution in [-0.2, 0) is 4.79 Å². The lowest BCUT2D eigenvalue weighted by molar-refractivity contribution is -0.131. The highest BCUT2D eigenvalue weighted by atomic mass is 16.5. The minimum Gasteiger partial charge on any atom is -0.493 e. The van der Waals surface area contributed by atoms with Gasteiger partial charge < -0.3 is 14.6 Å². The standard InChI is InChI=1S/C19H20O4/c1-12-5-7-14(8-6-12)16-10-15(13(2)9-18(20)21)11-17(22-3)19(16)23-4/h5-11H,1-4H3,(H,20,21)/b13-9+. The van der Waals surface area contributed by atoms with Gasteiger partial charge in [-0.25, -0.2) is 4.79 Å². The topological polar surface area (TPSA) is 55.8 Å². The average Bonchev–Trinajstić information content (AvgIpc) is 2.53. The second-order valence-corrected chi connectivity index (χ2v) is 5.29. The molecule has 2 aromatic rings. The van der Waals surface area contributed by atoms with E-state index < -0.39 is 5.97 Å². The number of hydrogen-bond acceptors (Lipinski definition) is 3. The summed E-state index contributed by atoms with van der Waals surface area (Å²) >= 11 is 0. The van der Waals surface area contributed by atoms with Crippen LogP contribution >= 0.6 is 0 Å². The van der Waals surface area contributed by atoms with Gasteiger partial charge in [-0.15, -0.1) is 0 Å². The minimum atomic E-state index is -0.978. The third-order valence-corrected chi connectivity index (χ3v) is 3.64. The first kappa shape index (κ1) is 16.6. The van der Waals surface area contributed by atoms with Crippen molar-refractivity contribution in [1.82, 2.24) is 0 Å². The maximum atomic E-state index is 10.9. The van der Waals surface area contributed by atoms with Crippen LogP contribution in [0, 0.1) is 6.92 Å². The van der Waals surface area contributed by atoms with Crippen LogP contribution in [-0.4, -0.2) is 25.3 Å². The lowest BCUT2D eigenvalue weighted by atomic mass is 9.97. The van der Waals surface area contributed by atoms with E-state index in [1.54, 1.807) is 27.2 Å². The van der Waals surface area contributed by atoms with E-state index in [2.05, 4.69) is 0 Å². The molecule has 1 N–H and O–H groups in total. The average molecular weight is 312 g/mol. The van der Waals surface area contributed by atoms with Crippen molar-refractivity contribution in [3.8, 4) is 22.6 Å². The molecule has 0 aromatic heterocycles. The van der Waals surface area contributed by atoms with Crippen LogP contribution in [0.25, 0.3) is 16.7 Å². The molecule has 120 valence electrons. The van der Waals surface area contributed by atoms with E-state index in [0.717, 1.165) is 22.3 Å². The second kappa shape index (κ2) is 7.01. The van der Waals surface area contributed by atoms with E-state index in [0.29, 0.717) is 17.1 Å². The SMILES string of the molecule is COc1cc(/C(C)=C/C(=O)O)cc(-c2ccc(C)cc2)c1OC. The largest absolute Gasteiger partial charge is 0.493 e. The predicted molar refractivity (Wildman–Crippen MR) is 91.0 cm³/mol. The molecule has 4 nitrogen and oxygen atoms in total. The van der Waals surface area contributed by atoms with Gasteiger partial charge in [0.15, 0.2) is 11.5 Å². The number of methoxy groups -OCH3 is 2. The van der Waals surface area contributed by atoms with Crippen LogP contribution in [0.1, 0.15) is 18.1 Å². The first-order valence-corrected chi connectivity index (χ1v) is 7.21. The Morgan fingerprint density at radius 3 is 2.26 bits per heavy atom. The minimum absolute atomic E-state index is 0.568. The van der Waals surface area contributed by atoms with E-state index in [4.69, 9.17) is 14.6 Å². The molecule has 0 unspecified atom stereocenters. The Morgan fingerprint density at radius 1 is 1.09 bits per heavy atom. The molecule has 0 radical (unpaired) electrons. The number of allylic oxidation sites excluding steroid dienone is 1. The van der Waals surface area contributed by atoms with Gasteiger partial charge in [-0.1, -0.05) is 29.8 Å². The van der Waals surface area contributed by atoms with Gasteiger partial charge in [0, 0.05) is 11.6 Å². The molecule has 0 spiro atoms. The lowest BCUT2D eigenvalue weighted by Crippen LogP contribution is -1.97. The van der Waals surface area contributed by atoms with Crippen molar-refractivity contribution in [2.24, 2.45) is 0 Å². The van der Waals surface area contributed by atoms with Gasteiger partial charge >= 0.3 is 5.97 Å². The number of carboxylic acids is 1. The monoisotopic (exact) mass is 312 g/mol. The van der Waals surface area contributed by atoms with Crippen LogP contribution in [0.4, 0.5) is 0 Å². The molecule has 0 saturated carbocycles. The summed E-state index contributed by atoms with van der Waals surface area (Å²) < 4.78 is 10.9. The number of carboxylic acid groups (broad SMARTS) is 1. The molecular weight excluding hydrogens is 292 g/mol. The lowest BCUT2D eigenvalue weighted by Gasteiger charge is -2.16. The number of rotatable bonds is 5. The maximum Gasteiger partial charge on any atom is 0.328 e. The third-order valence-electron chi connectivity index (χ3n) is 3.64. The van der Waals surface area contributed by atoms with Gasteiger partial charge in [-0.3, -0.25) is 0 Å². The van der Waals surface area contributed by atoms with Crippen LogP contribution < -0.4 is 9.47 Å². The van der Waals surface area contributed by atoms with Crippen LogP contribution in [0.3, 0.4) is 0 Å². The Balaban J connectivity index is 2.67. The molecule has 0 fully saturated rings. The van der Waals surface area contributed by atoms with E-state index in [1.165, 1.54) is 6.08 Å². The maximum absolute atomic E-state index is 10.9. The summed E-state index contributed by atoms with van der Waals surface area (Å²) in [6, 6.07) is 11.8. The zero-order chi connectivity index (χ0) is 17.0. The number of carbonyl (C=O) groups is 1. The van der Waals surface area contributed by atoms with Crippen molar-refractivity contribution < 1.29 is 19.4 Å². The molecule has 2 rings (SSSR count). The summed E-state index contributed by atoms with van der Waals surface area (Å²) in [5, 5.41) is 8.96. The van der Waals surface area contributed by atoms with Crippen molar-refractivity contribution >= 4 is 11.5 Å². The van der Waals surface area contributed by atoms with E-state index >= 15 is 0 Å². The summed E-state index contributed by atoms with van der Waals surface area (Å²) in [4.78, 5) is 10.9. The highest BCUT2D eigenvalue weighted by molar-refractivity contribution is 5.91. The summed E-state index contributed by atoms with van der Waals surface area (Å²) in [7, 11) is 3.16. The highest BCUT2D eigenvalue weighted by Crippen LogP contribution is 2.40. The molecule has 0 aliphatic heterocycles.